The Morgan fingerprint density at radius 3 is 2.55 bits per heavy atom. The number of rotatable bonds is 3. The van der Waals surface area contributed by atoms with Crippen molar-refractivity contribution >= 4 is 17.6 Å². The Kier molecular flexibility index (Phi) is 5.53. The molecule has 1 atom stereocenters. The number of likely N-dealkylation sites (tertiary alicyclic amines) is 1. The van der Waals surface area contributed by atoms with E-state index in [-0.39, 0.29) is 12.2 Å². The third-order valence-corrected chi connectivity index (χ3v) is 3.10. The Labute approximate surface area is 119 Å². The van der Waals surface area contributed by atoms with Crippen molar-refractivity contribution in [3.63, 3.8) is 0 Å². The molecule has 0 aromatic carbocycles. The predicted molar refractivity (Wildman–Crippen MR) is 75.1 cm³/mol. The summed E-state index contributed by atoms with van der Waals surface area (Å²) >= 11 is 0. The minimum Gasteiger partial charge on any atom is -0.444 e. The average molecular weight is 284 g/mol. The van der Waals surface area contributed by atoms with Crippen molar-refractivity contribution in [3.05, 3.63) is 0 Å². The molecule has 0 bridgehead atoms. The SMILES string of the molecule is CC(CC(=O)[C@H]1CCCCN1C(=O)OC(C)(C)C)=NO. The van der Waals surface area contributed by atoms with Gasteiger partial charge in [-0.3, -0.25) is 9.69 Å². The lowest BCUT2D eigenvalue weighted by atomic mass is 9.96. The summed E-state index contributed by atoms with van der Waals surface area (Å²) in [6.07, 6.45) is 2.02. The van der Waals surface area contributed by atoms with Crippen LogP contribution in [0.25, 0.3) is 0 Å². The summed E-state index contributed by atoms with van der Waals surface area (Å²) in [6.45, 7) is 7.51. The van der Waals surface area contributed by atoms with Gasteiger partial charge in [-0.2, -0.15) is 0 Å². The van der Waals surface area contributed by atoms with Gasteiger partial charge in [-0.15, -0.1) is 0 Å². The first-order chi connectivity index (χ1) is 9.24. The highest BCUT2D eigenvalue weighted by molar-refractivity contribution is 6.03. The van der Waals surface area contributed by atoms with E-state index in [1.165, 1.54) is 4.90 Å². The number of hydrogen-bond donors (Lipinski definition) is 1. The Bertz CT molecular complexity index is 398. The fraction of sp³-hybridized carbons (Fsp3) is 0.786. The van der Waals surface area contributed by atoms with Crippen molar-refractivity contribution < 1.29 is 19.5 Å². The molecular weight excluding hydrogens is 260 g/mol. The largest absolute Gasteiger partial charge is 0.444 e. The fourth-order valence-corrected chi connectivity index (χ4v) is 2.21. The van der Waals surface area contributed by atoms with E-state index < -0.39 is 17.7 Å². The summed E-state index contributed by atoms with van der Waals surface area (Å²) in [7, 11) is 0. The molecule has 0 radical (unpaired) electrons. The number of hydrogen-bond acceptors (Lipinski definition) is 5. The molecule has 0 unspecified atom stereocenters. The normalized spacial score (nSPS) is 20.7. The number of carbonyl (C=O) groups is 2. The smallest absolute Gasteiger partial charge is 0.410 e. The van der Waals surface area contributed by atoms with Gasteiger partial charge in [0.2, 0.25) is 0 Å². The van der Waals surface area contributed by atoms with Crippen molar-refractivity contribution in [2.45, 2.75) is 65.0 Å². The molecule has 114 valence electrons. The lowest BCUT2D eigenvalue weighted by Gasteiger charge is -2.35. The van der Waals surface area contributed by atoms with Gasteiger partial charge in [0.25, 0.3) is 0 Å². The molecule has 1 N–H and O–H groups in total. The first-order valence-electron chi connectivity index (χ1n) is 6.94. The summed E-state index contributed by atoms with van der Waals surface area (Å²) < 4.78 is 5.34. The second-order valence-electron chi connectivity index (χ2n) is 6.16. The van der Waals surface area contributed by atoms with Gasteiger partial charge >= 0.3 is 6.09 Å². The lowest BCUT2D eigenvalue weighted by molar-refractivity contribution is -0.124. The first-order valence-corrected chi connectivity index (χ1v) is 6.94. The van der Waals surface area contributed by atoms with Gasteiger partial charge in [0.1, 0.15) is 5.60 Å². The number of piperidine rings is 1. The number of Topliss-reactive ketones (excluding diaryl/α,β-unsaturated/α-hetero) is 1. The first kappa shape index (κ1) is 16.5. The summed E-state index contributed by atoms with van der Waals surface area (Å²) in [6, 6.07) is -0.477. The van der Waals surface area contributed by atoms with Crippen LogP contribution in [0, 0.1) is 0 Å². The zero-order chi connectivity index (χ0) is 15.3. The minimum absolute atomic E-state index is 0.0560. The maximum Gasteiger partial charge on any atom is 0.410 e. The third-order valence-electron chi connectivity index (χ3n) is 3.10. The van der Waals surface area contributed by atoms with Gasteiger partial charge in [-0.05, 0) is 47.0 Å². The van der Waals surface area contributed by atoms with Crippen molar-refractivity contribution in [2.24, 2.45) is 5.16 Å². The molecule has 1 saturated heterocycles. The molecular formula is C14H24N2O4. The number of oxime groups is 1. The average Bonchev–Trinajstić information content (AvgIpc) is 2.36. The molecule has 1 rings (SSSR count). The molecule has 1 heterocycles. The molecule has 20 heavy (non-hydrogen) atoms. The number of amides is 1. The standard InChI is InChI=1S/C14H24N2O4/c1-10(15-19)9-12(17)11-7-5-6-8-16(11)13(18)20-14(2,3)4/h11,19H,5-9H2,1-4H3/t11-/m1/s1. The van der Waals surface area contributed by atoms with Crippen molar-refractivity contribution in [2.75, 3.05) is 6.54 Å². The van der Waals surface area contributed by atoms with Crippen LogP contribution in [0.3, 0.4) is 0 Å². The van der Waals surface area contributed by atoms with E-state index in [1.54, 1.807) is 27.7 Å². The Hall–Kier alpha value is -1.59. The van der Waals surface area contributed by atoms with Gasteiger partial charge < -0.3 is 9.94 Å². The molecule has 0 aliphatic carbocycles. The maximum absolute atomic E-state index is 12.2. The lowest BCUT2D eigenvalue weighted by Crippen LogP contribution is -2.50. The number of nitrogens with zero attached hydrogens (tertiary/aromatic N) is 2. The summed E-state index contributed by atoms with van der Waals surface area (Å²) in [5, 5.41) is 11.7. The third kappa shape index (κ3) is 4.83. The highest BCUT2D eigenvalue weighted by Gasteiger charge is 2.34. The monoisotopic (exact) mass is 284 g/mol. The van der Waals surface area contributed by atoms with Gasteiger partial charge in [0.05, 0.1) is 11.8 Å². The van der Waals surface area contributed by atoms with Gasteiger partial charge in [-0.25, -0.2) is 4.79 Å². The van der Waals surface area contributed by atoms with E-state index in [0.717, 1.165) is 12.8 Å². The van der Waals surface area contributed by atoms with E-state index in [4.69, 9.17) is 9.94 Å². The molecule has 1 aliphatic rings. The van der Waals surface area contributed by atoms with Crippen LogP contribution in [0.1, 0.15) is 53.4 Å². The van der Waals surface area contributed by atoms with Gasteiger partial charge in [0.15, 0.2) is 5.78 Å². The van der Waals surface area contributed by atoms with Crippen LogP contribution in [0.5, 0.6) is 0 Å². The molecule has 0 saturated carbocycles. The Morgan fingerprint density at radius 1 is 1.35 bits per heavy atom. The minimum atomic E-state index is -0.579. The second-order valence-corrected chi connectivity index (χ2v) is 6.16. The van der Waals surface area contributed by atoms with Gasteiger partial charge in [0, 0.05) is 13.0 Å². The topological polar surface area (TPSA) is 79.2 Å². The molecule has 1 amide bonds. The van der Waals surface area contributed by atoms with Crippen LogP contribution in [0.4, 0.5) is 4.79 Å². The fourth-order valence-electron chi connectivity index (χ4n) is 2.21. The van der Waals surface area contributed by atoms with Crippen LogP contribution in [0.15, 0.2) is 5.16 Å². The molecule has 1 aliphatic heterocycles. The molecule has 0 aromatic heterocycles. The Balaban J connectivity index is 2.76. The van der Waals surface area contributed by atoms with E-state index in [1.807, 2.05) is 0 Å². The zero-order valence-corrected chi connectivity index (χ0v) is 12.7. The highest BCUT2D eigenvalue weighted by Crippen LogP contribution is 2.22. The molecule has 6 nitrogen and oxygen atoms in total. The second kappa shape index (κ2) is 6.72. The number of carbonyl (C=O) groups excluding carboxylic acids is 2. The van der Waals surface area contributed by atoms with E-state index in [2.05, 4.69) is 5.16 Å². The van der Waals surface area contributed by atoms with E-state index >= 15 is 0 Å². The van der Waals surface area contributed by atoms with Crippen molar-refractivity contribution in [1.82, 2.24) is 4.90 Å². The highest BCUT2D eigenvalue weighted by atomic mass is 16.6. The molecule has 0 aromatic rings. The van der Waals surface area contributed by atoms with E-state index in [0.29, 0.717) is 18.7 Å². The van der Waals surface area contributed by atoms with Crippen LogP contribution in [-0.2, 0) is 9.53 Å². The molecule has 0 spiro atoms. The van der Waals surface area contributed by atoms with Crippen molar-refractivity contribution in [3.8, 4) is 0 Å². The number of ketones is 1. The zero-order valence-electron chi connectivity index (χ0n) is 12.7. The summed E-state index contributed by atoms with van der Waals surface area (Å²) in [5.41, 5.74) is -0.227. The van der Waals surface area contributed by atoms with Crippen LogP contribution in [0.2, 0.25) is 0 Å². The quantitative estimate of drug-likeness (QED) is 0.491. The molecule has 6 heteroatoms. The van der Waals surface area contributed by atoms with Crippen molar-refractivity contribution in [1.29, 1.82) is 0 Å². The van der Waals surface area contributed by atoms with Crippen LogP contribution < -0.4 is 0 Å². The van der Waals surface area contributed by atoms with Gasteiger partial charge in [-0.1, -0.05) is 5.16 Å². The summed E-state index contributed by atoms with van der Waals surface area (Å²) in [5.74, 6) is -0.106. The van der Waals surface area contributed by atoms with E-state index in [9.17, 15) is 9.59 Å². The van der Waals surface area contributed by atoms with Crippen LogP contribution >= 0.6 is 0 Å². The predicted octanol–water partition coefficient (Wildman–Crippen LogP) is 2.59. The Morgan fingerprint density at radius 2 is 2.00 bits per heavy atom. The van der Waals surface area contributed by atoms with Crippen LogP contribution in [-0.4, -0.2) is 45.9 Å². The number of ether oxygens (including phenoxy) is 1. The maximum atomic E-state index is 12.2. The summed E-state index contributed by atoms with van der Waals surface area (Å²) in [4.78, 5) is 25.9. The molecule has 1 fully saturated rings.